The number of aliphatic hydroxyl groups is 1. The minimum atomic E-state index is -1.23. The molecule has 7 rings (SSSR count). The number of rotatable bonds is 4. The van der Waals surface area contributed by atoms with Crippen LogP contribution < -0.4 is 0 Å². The lowest BCUT2D eigenvalue weighted by Crippen LogP contribution is -2.63. The summed E-state index contributed by atoms with van der Waals surface area (Å²) in [6, 6.07) is 7.57. The number of esters is 1. The average Bonchev–Trinajstić information content (AvgIpc) is 3.57. The lowest BCUT2D eigenvalue weighted by atomic mass is 9.46. The van der Waals surface area contributed by atoms with Gasteiger partial charge in [0.05, 0.1) is 12.7 Å². The van der Waals surface area contributed by atoms with Gasteiger partial charge in [0.15, 0.2) is 5.60 Å². The molecule has 41 heavy (non-hydrogen) atoms. The third kappa shape index (κ3) is 4.07. The van der Waals surface area contributed by atoms with E-state index < -0.39 is 34.0 Å². The van der Waals surface area contributed by atoms with E-state index in [2.05, 4.69) is 26.0 Å². The van der Waals surface area contributed by atoms with Crippen LogP contribution in [0.3, 0.4) is 0 Å². The van der Waals surface area contributed by atoms with Crippen molar-refractivity contribution in [3.8, 4) is 0 Å². The topological polar surface area (TPSA) is 76.1 Å². The molecular formula is C32H37ClFNO5S. The van der Waals surface area contributed by atoms with Crippen LogP contribution in [0.5, 0.6) is 0 Å². The van der Waals surface area contributed by atoms with Gasteiger partial charge >= 0.3 is 5.97 Å². The molecule has 1 aromatic rings. The molecule has 3 saturated carbocycles. The second-order valence-electron chi connectivity index (χ2n) is 13.3. The van der Waals surface area contributed by atoms with Gasteiger partial charge in [0.1, 0.15) is 11.4 Å². The number of alkyl halides is 1. The number of thioether (sulfide) groups is 1. The number of cyclic esters (lactones) is 1. The highest BCUT2D eigenvalue weighted by atomic mass is 35.5. The van der Waals surface area contributed by atoms with Gasteiger partial charge < -0.3 is 9.84 Å². The van der Waals surface area contributed by atoms with E-state index in [4.69, 9.17) is 21.2 Å². The summed E-state index contributed by atoms with van der Waals surface area (Å²) in [6.45, 7) is 5.49. The van der Waals surface area contributed by atoms with Crippen molar-refractivity contribution in [1.29, 1.82) is 0 Å². The Morgan fingerprint density at radius 2 is 2.02 bits per heavy atom. The van der Waals surface area contributed by atoms with Crippen molar-refractivity contribution in [2.45, 2.75) is 75.6 Å². The van der Waals surface area contributed by atoms with Crippen molar-refractivity contribution in [2.75, 3.05) is 13.2 Å². The number of benzene rings is 1. The fraction of sp³-hybridized carbons (Fsp3) is 0.625. The summed E-state index contributed by atoms with van der Waals surface area (Å²) < 4.78 is 21.1. The van der Waals surface area contributed by atoms with Crippen LogP contribution in [0.15, 0.2) is 48.1 Å². The molecule has 0 spiro atoms. The molecule has 2 saturated heterocycles. The van der Waals surface area contributed by atoms with Gasteiger partial charge in [-0.2, -0.15) is 5.06 Å². The molecule has 0 radical (unpaired) electrons. The fourth-order valence-corrected chi connectivity index (χ4v) is 11.0. The first-order chi connectivity index (χ1) is 19.6. The fourth-order valence-electron chi connectivity index (χ4n) is 9.63. The highest BCUT2D eigenvalue weighted by molar-refractivity contribution is 8.14. The molecule has 6 aliphatic rings. The number of hydrogen-bond donors (Lipinski definition) is 1. The summed E-state index contributed by atoms with van der Waals surface area (Å²) >= 11 is 7.14. The molecule has 220 valence electrons. The van der Waals surface area contributed by atoms with Crippen molar-refractivity contribution < 1.29 is 28.7 Å². The van der Waals surface area contributed by atoms with Crippen LogP contribution in [-0.2, 0) is 25.7 Å². The second kappa shape index (κ2) is 9.91. The number of hydrogen-bond acceptors (Lipinski definition) is 7. The van der Waals surface area contributed by atoms with Crippen molar-refractivity contribution in [2.24, 2.45) is 34.5 Å². The first-order valence-electron chi connectivity index (χ1n) is 14.8. The number of halogens is 2. The number of nitrogens with zero attached hydrogens (tertiary/aromatic N) is 1. The number of aliphatic hydroxyl groups excluding tert-OH is 1. The first kappa shape index (κ1) is 28.1. The number of allylic oxidation sites excluding steroid dienone is 4. The Bertz CT molecular complexity index is 1320. The normalized spacial score (nSPS) is 45.0. The predicted molar refractivity (Wildman–Crippen MR) is 154 cm³/mol. The van der Waals surface area contributed by atoms with Gasteiger partial charge in [0.2, 0.25) is 5.12 Å². The monoisotopic (exact) mass is 601 g/mol. The van der Waals surface area contributed by atoms with Crippen molar-refractivity contribution in [3.05, 3.63) is 58.7 Å². The van der Waals surface area contributed by atoms with E-state index in [0.29, 0.717) is 50.4 Å². The van der Waals surface area contributed by atoms with E-state index in [1.807, 2.05) is 35.4 Å². The Morgan fingerprint density at radius 3 is 2.76 bits per heavy atom. The van der Waals surface area contributed by atoms with Crippen molar-refractivity contribution >= 4 is 34.4 Å². The number of hydroxylamine groups is 2. The molecule has 0 aromatic heterocycles. The van der Waals surface area contributed by atoms with E-state index in [9.17, 15) is 14.7 Å². The number of fused-ring (bicyclic) bond motifs is 7. The third-order valence-electron chi connectivity index (χ3n) is 11.3. The minimum absolute atomic E-state index is 0.00520. The van der Waals surface area contributed by atoms with Gasteiger partial charge in [-0.3, -0.25) is 14.4 Å². The molecule has 2 heterocycles. The van der Waals surface area contributed by atoms with E-state index in [-0.39, 0.29) is 34.8 Å². The molecule has 10 atom stereocenters. The number of carbonyl (C=O) groups is 2. The Morgan fingerprint density at radius 1 is 1.24 bits per heavy atom. The molecule has 5 fully saturated rings. The van der Waals surface area contributed by atoms with Crippen LogP contribution in [0.2, 0.25) is 5.02 Å². The number of carbonyl (C=O) groups excluding carboxylic acids is 2. The third-order valence-corrected chi connectivity index (χ3v) is 12.8. The number of ether oxygens (including phenoxy) is 1. The van der Waals surface area contributed by atoms with Crippen molar-refractivity contribution in [3.63, 3.8) is 0 Å². The molecule has 0 amide bonds. The summed E-state index contributed by atoms with van der Waals surface area (Å²) in [4.78, 5) is 33.7. The molecular weight excluding hydrogens is 565 g/mol. The SMILES string of the molecule is C[C@]12C=CCC=C1[C@@H](F)C[C@@H]1C2[C@@H](O)C[C@@]2(C)C1C[C@H]1CN(Cc3ccc(Cl)cc3)O[C@]12C(=O)SC1CCOC1=O. The highest BCUT2D eigenvalue weighted by Crippen LogP contribution is 2.71. The quantitative estimate of drug-likeness (QED) is 0.352. The zero-order valence-electron chi connectivity index (χ0n) is 23.4. The molecule has 1 aromatic carbocycles. The standard InChI is InChI=1S/C32H37ClFNO5S/c1-30-11-4-3-5-22(30)24(34)14-21-23-13-19-17-35(16-18-6-8-20(33)9-7-18)40-32(19,31(23,2)15-25(36)27(21)30)29(38)41-26-10-12-39-28(26)37/h4-9,11,19,21,23-27,36H,3,10,12-17H2,1-2H3/t19-,21-,23?,24-,25-,26?,27?,30-,31-,32-/m0/s1. The van der Waals surface area contributed by atoms with Crippen LogP contribution >= 0.6 is 23.4 Å². The van der Waals surface area contributed by atoms with Crippen LogP contribution in [0, 0.1) is 34.5 Å². The maximum Gasteiger partial charge on any atom is 0.319 e. The first-order valence-corrected chi connectivity index (χ1v) is 16.1. The van der Waals surface area contributed by atoms with E-state index in [0.717, 1.165) is 29.3 Å². The van der Waals surface area contributed by atoms with E-state index in [1.54, 1.807) is 0 Å². The van der Waals surface area contributed by atoms with Crippen LogP contribution in [0.1, 0.15) is 51.5 Å². The predicted octanol–water partition coefficient (Wildman–Crippen LogP) is 5.68. The van der Waals surface area contributed by atoms with Crippen molar-refractivity contribution in [1.82, 2.24) is 5.06 Å². The molecule has 9 heteroatoms. The van der Waals surface area contributed by atoms with Crippen LogP contribution in [0.4, 0.5) is 4.39 Å². The summed E-state index contributed by atoms with van der Waals surface area (Å²) in [7, 11) is 0. The molecule has 2 aliphatic heterocycles. The Balaban J connectivity index is 1.26. The maximum atomic E-state index is 15.9. The summed E-state index contributed by atoms with van der Waals surface area (Å²) in [5.74, 6) is -0.708. The smallest absolute Gasteiger partial charge is 0.319 e. The molecule has 3 unspecified atom stereocenters. The molecule has 1 N–H and O–H groups in total. The summed E-state index contributed by atoms with van der Waals surface area (Å²) in [6.07, 6.45) is 7.08. The molecule has 4 aliphatic carbocycles. The maximum absolute atomic E-state index is 15.9. The summed E-state index contributed by atoms with van der Waals surface area (Å²) in [5.41, 5.74) is -0.684. The van der Waals surface area contributed by atoms with Crippen LogP contribution in [0.25, 0.3) is 0 Å². The van der Waals surface area contributed by atoms with E-state index in [1.165, 1.54) is 0 Å². The Kier molecular flexibility index (Phi) is 6.79. The Labute approximate surface area is 249 Å². The Hall–Kier alpha value is -1.71. The zero-order valence-corrected chi connectivity index (χ0v) is 25.0. The van der Waals surface area contributed by atoms with Gasteiger partial charge in [-0.05, 0) is 60.8 Å². The minimum Gasteiger partial charge on any atom is -0.465 e. The molecule has 0 bridgehead atoms. The largest absolute Gasteiger partial charge is 0.465 e. The van der Waals surface area contributed by atoms with Gasteiger partial charge in [-0.25, -0.2) is 4.39 Å². The van der Waals surface area contributed by atoms with Gasteiger partial charge in [0.25, 0.3) is 0 Å². The van der Waals surface area contributed by atoms with E-state index >= 15 is 4.39 Å². The average molecular weight is 602 g/mol. The lowest BCUT2D eigenvalue weighted by molar-refractivity contribution is -0.250. The molecule has 6 nitrogen and oxygen atoms in total. The van der Waals surface area contributed by atoms with Gasteiger partial charge in [-0.15, -0.1) is 0 Å². The van der Waals surface area contributed by atoms with Crippen LogP contribution in [-0.4, -0.2) is 57.5 Å². The van der Waals surface area contributed by atoms with Gasteiger partial charge in [-0.1, -0.05) is 67.6 Å². The van der Waals surface area contributed by atoms with Gasteiger partial charge in [0, 0.05) is 47.2 Å². The second-order valence-corrected chi connectivity index (χ2v) is 14.9. The highest BCUT2D eigenvalue weighted by Gasteiger charge is 2.76. The summed E-state index contributed by atoms with van der Waals surface area (Å²) in [5, 5.41) is 13.7. The lowest BCUT2D eigenvalue weighted by Gasteiger charge is -2.60. The zero-order chi connectivity index (χ0) is 28.7.